The van der Waals surface area contributed by atoms with Gasteiger partial charge in [0, 0.05) is 43.2 Å². The summed E-state index contributed by atoms with van der Waals surface area (Å²) in [4.78, 5) is 26.0. The number of nitrogens with zero attached hydrogens (tertiary/aromatic N) is 4. The van der Waals surface area contributed by atoms with Gasteiger partial charge in [-0.3, -0.25) is 0 Å². The predicted molar refractivity (Wildman–Crippen MR) is 131 cm³/mol. The number of urea groups is 1. The Morgan fingerprint density at radius 1 is 0.943 bits per heavy atom. The molecule has 3 aromatic carbocycles. The SMILES string of the molecule is COc1ccc(-c2nc(N3CCN(C(=O)Nc4ccc(F)cc4F)CC3)c3ccccc3n2)cc1. The van der Waals surface area contributed by atoms with Crippen LogP contribution in [-0.4, -0.2) is 54.2 Å². The van der Waals surface area contributed by atoms with E-state index in [0.29, 0.717) is 32.0 Å². The molecule has 9 heteroatoms. The number of benzene rings is 3. The number of amides is 2. The van der Waals surface area contributed by atoms with E-state index in [0.717, 1.165) is 40.2 Å². The molecular formula is C26H23F2N5O2. The lowest BCUT2D eigenvalue weighted by Crippen LogP contribution is -2.50. The van der Waals surface area contributed by atoms with Crippen LogP contribution in [0.2, 0.25) is 0 Å². The number of rotatable bonds is 4. The molecule has 178 valence electrons. The van der Waals surface area contributed by atoms with Gasteiger partial charge in [-0.15, -0.1) is 0 Å². The summed E-state index contributed by atoms with van der Waals surface area (Å²) >= 11 is 0. The van der Waals surface area contributed by atoms with Crippen LogP contribution in [0.5, 0.6) is 5.75 Å². The van der Waals surface area contributed by atoms with E-state index in [-0.39, 0.29) is 5.69 Å². The molecule has 2 amide bonds. The molecule has 1 saturated heterocycles. The van der Waals surface area contributed by atoms with Crippen molar-refractivity contribution >= 4 is 28.4 Å². The molecule has 0 bridgehead atoms. The van der Waals surface area contributed by atoms with Gasteiger partial charge in [-0.05, 0) is 48.5 Å². The third-order valence-electron chi connectivity index (χ3n) is 5.97. The van der Waals surface area contributed by atoms with Gasteiger partial charge in [0.1, 0.15) is 23.2 Å². The van der Waals surface area contributed by atoms with Crippen LogP contribution in [0.25, 0.3) is 22.3 Å². The minimum Gasteiger partial charge on any atom is -0.497 e. The van der Waals surface area contributed by atoms with Crippen LogP contribution >= 0.6 is 0 Å². The number of hydrogen-bond donors (Lipinski definition) is 1. The van der Waals surface area contributed by atoms with Crippen LogP contribution in [0.4, 0.5) is 25.1 Å². The fraction of sp³-hybridized carbons (Fsp3) is 0.192. The number of methoxy groups -OCH3 is 1. The van der Waals surface area contributed by atoms with Crippen molar-refractivity contribution < 1.29 is 18.3 Å². The van der Waals surface area contributed by atoms with Gasteiger partial charge in [-0.2, -0.15) is 0 Å². The Hall–Kier alpha value is -4.27. The number of carbonyl (C=O) groups excluding carboxylic acids is 1. The maximum absolute atomic E-state index is 13.9. The number of hydrogen-bond acceptors (Lipinski definition) is 5. The molecule has 5 rings (SSSR count). The summed E-state index contributed by atoms with van der Waals surface area (Å²) in [6.45, 7) is 1.93. The topological polar surface area (TPSA) is 70.6 Å². The number of anilines is 2. The zero-order chi connectivity index (χ0) is 24.4. The molecule has 35 heavy (non-hydrogen) atoms. The molecule has 1 aromatic heterocycles. The summed E-state index contributed by atoms with van der Waals surface area (Å²) in [5.41, 5.74) is 1.65. The number of aromatic nitrogens is 2. The molecule has 0 atom stereocenters. The van der Waals surface area contributed by atoms with Gasteiger partial charge < -0.3 is 19.9 Å². The number of nitrogens with one attached hydrogen (secondary N) is 1. The molecule has 1 aliphatic heterocycles. The Morgan fingerprint density at radius 3 is 2.40 bits per heavy atom. The van der Waals surface area contributed by atoms with Crippen LogP contribution in [0.3, 0.4) is 0 Å². The summed E-state index contributed by atoms with van der Waals surface area (Å²) in [7, 11) is 1.62. The smallest absolute Gasteiger partial charge is 0.322 e. The average molecular weight is 475 g/mol. The fourth-order valence-corrected chi connectivity index (χ4v) is 4.08. The molecule has 0 aliphatic carbocycles. The molecule has 1 aliphatic rings. The number of fused-ring (bicyclic) bond motifs is 1. The molecular weight excluding hydrogens is 452 g/mol. The van der Waals surface area contributed by atoms with Gasteiger partial charge in [0.2, 0.25) is 0 Å². The summed E-state index contributed by atoms with van der Waals surface area (Å²) in [6.07, 6.45) is 0. The first-order valence-electron chi connectivity index (χ1n) is 11.2. The third kappa shape index (κ3) is 4.70. The molecule has 0 spiro atoms. The van der Waals surface area contributed by atoms with Crippen LogP contribution in [0.1, 0.15) is 0 Å². The summed E-state index contributed by atoms with van der Waals surface area (Å²) < 4.78 is 32.3. The first kappa shape index (κ1) is 22.5. The van der Waals surface area contributed by atoms with E-state index in [4.69, 9.17) is 14.7 Å². The highest BCUT2D eigenvalue weighted by Crippen LogP contribution is 2.29. The van der Waals surface area contributed by atoms with Gasteiger partial charge >= 0.3 is 6.03 Å². The van der Waals surface area contributed by atoms with E-state index >= 15 is 0 Å². The number of carbonyl (C=O) groups is 1. The molecule has 7 nitrogen and oxygen atoms in total. The number of halogens is 2. The Morgan fingerprint density at radius 2 is 1.69 bits per heavy atom. The van der Waals surface area contributed by atoms with E-state index < -0.39 is 17.7 Å². The maximum Gasteiger partial charge on any atom is 0.322 e. The van der Waals surface area contributed by atoms with E-state index in [1.807, 2.05) is 48.5 Å². The second-order valence-electron chi connectivity index (χ2n) is 8.14. The van der Waals surface area contributed by atoms with Crippen molar-refractivity contribution in [1.29, 1.82) is 0 Å². The molecule has 1 N–H and O–H groups in total. The van der Waals surface area contributed by atoms with Crippen LogP contribution in [0, 0.1) is 11.6 Å². The van der Waals surface area contributed by atoms with E-state index in [1.165, 1.54) is 6.07 Å². The van der Waals surface area contributed by atoms with Crippen LogP contribution in [0.15, 0.2) is 66.7 Å². The first-order chi connectivity index (χ1) is 17.0. The van der Waals surface area contributed by atoms with E-state index in [9.17, 15) is 13.6 Å². The van der Waals surface area contributed by atoms with Gasteiger partial charge in [-0.1, -0.05) is 12.1 Å². The lowest BCUT2D eigenvalue weighted by Gasteiger charge is -2.36. The lowest BCUT2D eigenvalue weighted by atomic mass is 10.1. The number of piperazine rings is 1. The van der Waals surface area contributed by atoms with Crippen LogP contribution < -0.4 is 15.0 Å². The molecule has 4 aromatic rings. The minimum atomic E-state index is -0.810. The van der Waals surface area contributed by atoms with Crippen molar-refractivity contribution in [3.63, 3.8) is 0 Å². The largest absolute Gasteiger partial charge is 0.497 e. The van der Waals surface area contributed by atoms with E-state index in [2.05, 4.69) is 10.2 Å². The molecule has 0 saturated carbocycles. The van der Waals surface area contributed by atoms with Gasteiger partial charge in [0.05, 0.1) is 18.3 Å². The van der Waals surface area contributed by atoms with Crippen molar-refractivity contribution in [3.05, 3.63) is 78.4 Å². The van der Waals surface area contributed by atoms with Crippen molar-refractivity contribution in [2.45, 2.75) is 0 Å². The van der Waals surface area contributed by atoms with Gasteiger partial charge in [-0.25, -0.2) is 23.5 Å². The van der Waals surface area contributed by atoms with E-state index in [1.54, 1.807) is 12.0 Å². The monoisotopic (exact) mass is 475 g/mol. The fourth-order valence-electron chi connectivity index (χ4n) is 4.08. The minimum absolute atomic E-state index is 0.0512. The normalized spacial score (nSPS) is 13.7. The standard InChI is InChI=1S/C26H23F2N5O2/c1-35-19-9-6-17(7-10-19)24-29-22-5-3-2-4-20(22)25(31-24)32-12-14-33(15-13-32)26(34)30-23-11-8-18(27)16-21(23)28/h2-11,16H,12-15H2,1H3,(H,30,34). The summed E-state index contributed by atoms with van der Waals surface area (Å²) in [6, 6.07) is 18.0. The highest BCUT2D eigenvalue weighted by atomic mass is 19.1. The number of para-hydroxylation sites is 1. The molecule has 1 fully saturated rings. The van der Waals surface area contributed by atoms with Gasteiger partial charge in [0.15, 0.2) is 5.82 Å². The number of ether oxygens (including phenoxy) is 1. The zero-order valence-electron chi connectivity index (χ0n) is 19.0. The molecule has 2 heterocycles. The summed E-state index contributed by atoms with van der Waals surface area (Å²) in [5, 5.41) is 3.45. The second-order valence-corrected chi connectivity index (χ2v) is 8.14. The van der Waals surface area contributed by atoms with Crippen molar-refractivity contribution in [3.8, 4) is 17.1 Å². The first-order valence-corrected chi connectivity index (χ1v) is 11.2. The Kier molecular flexibility index (Phi) is 6.13. The average Bonchev–Trinajstić information content (AvgIpc) is 2.89. The molecule has 0 unspecified atom stereocenters. The van der Waals surface area contributed by atoms with Crippen molar-refractivity contribution in [1.82, 2.24) is 14.9 Å². The quantitative estimate of drug-likeness (QED) is 0.453. The molecule has 0 radical (unpaired) electrons. The van der Waals surface area contributed by atoms with Crippen LogP contribution in [-0.2, 0) is 0 Å². The van der Waals surface area contributed by atoms with Crippen molar-refractivity contribution in [2.24, 2.45) is 0 Å². The highest BCUT2D eigenvalue weighted by Gasteiger charge is 2.24. The zero-order valence-corrected chi connectivity index (χ0v) is 19.0. The Balaban J connectivity index is 1.35. The Bertz CT molecular complexity index is 1370. The highest BCUT2D eigenvalue weighted by molar-refractivity contribution is 5.92. The second kappa shape index (κ2) is 9.54. The Labute approximate surface area is 201 Å². The summed E-state index contributed by atoms with van der Waals surface area (Å²) in [5.74, 6) is 0.653. The van der Waals surface area contributed by atoms with Crippen molar-refractivity contribution in [2.75, 3.05) is 43.5 Å². The third-order valence-corrected chi connectivity index (χ3v) is 5.97. The predicted octanol–water partition coefficient (Wildman–Crippen LogP) is 4.94. The maximum atomic E-state index is 13.9. The lowest BCUT2D eigenvalue weighted by molar-refractivity contribution is 0.208. The van der Waals surface area contributed by atoms with Gasteiger partial charge in [0.25, 0.3) is 0 Å².